The zero-order valence-corrected chi connectivity index (χ0v) is 12.3. The van der Waals surface area contributed by atoms with Crippen LogP contribution in [0.4, 0.5) is 17.1 Å². The van der Waals surface area contributed by atoms with Crippen molar-refractivity contribution < 1.29 is 23.1 Å². The molecule has 0 saturated carbocycles. The minimum absolute atomic E-state index is 0.408. The summed E-state index contributed by atoms with van der Waals surface area (Å²) in [5, 5.41) is 20.5. The van der Waals surface area contributed by atoms with Gasteiger partial charge in [-0.25, -0.2) is 4.21 Å². The average Bonchev–Trinajstić information content (AvgIpc) is 2.56. The molecule has 1 atom stereocenters. The van der Waals surface area contributed by atoms with Crippen LogP contribution in [0.1, 0.15) is 0 Å². The van der Waals surface area contributed by atoms with Crippen molar-refractivity contribution >= 4 is 28.4 Å². The monoisotopic (exact) mass is 322 g/mol. The summed E-state index contributed by atoms with van der Waals surface area (Å²) < 4.78 is 25.2. The minimum Gasteiger partial charge on any atom is -0.750 e. The van der Waals surface area contributed by atoms with Crippen molar-refractivity contribution in [2.45, 2.75) is 0 Å². The maximum Gasteiger partial charge on any atom is 0.426 e. The van der Waals surface area contributed by atoms with Gasteiger partial charge in [-0.05, 0) is 18.2 Å². The Bertz CT molecular complexity index is 660. The smallest absolute Gasteiger partial charge is 0.426 e. The van der Waals surface area contributed by atoms with Crippen LogP contribution in [0.2, 0.25) is 0 Å². The molecule has 2 aromatic carbocycles. The molecule has 8 nitrogen and oxygen atoms in total. The second-order valence-electron chi connectivity index (χ2n) is 3.75. The number of hydrogen-bond donors (Lipinski definition) is 1. The van der Waals surface area contributed by atoms with Gasteiger partial charge in [0.2, 0.25) is 11.1 Å². The Morgan fingerprint density at radius 1 is 1.18 bits per heavy atom. The molecule has 2 rings (SSSR count). The zero-order valence-electron chi connectivity index (χ0n) is 11.5. The Balaban J connectivity index is 0.000000422. The third kappa shape index (κ3) is 5.86. The van der Waals surface area contributed by atoms with Crippen molar-refractivity contribution in [3.05, 3.63) is 53.5 Å². The third-order valence-corrected chi connectivity index (χ3v) is 2.52. The van der Waals surface area contributed by atoms with E-state index in [4.69, 9.17) is 24.1 Å². The third-order valence-electron chi connectivity index (χ3n) is 2.41. The fourth-order valence-electron chi connectivity index (χ4n) is 1.53. The highest BCUT2D eigenvalue weighted by Crippen LogP contribution is 2.31. The summed E-state index contributed by atoms with van der Waals surface area (Å²) in [6, 6.07) is 15.1. The van der Waals surface area contributed by atoms with Crippen LogP contribution in [0.25, 0.3) is 4.98 Å². The zero-order chi connectivity index (χ0) is 16.4. The van der Waals surface area contributed by atoms with Crippen LogP contribution in [0.15, 0.2) is 48.5 Å². The molecule has 0 aliphatic carbocycles. The second-order valence-corrected chi connectivity index (χ2v) is 4.29. The van der Waals surface area contributed by atoms with Crippen LogP contribution in [-0.4, -0.2) is 15.9 Å². The minimum atomic E-state index is -2.88. The molecule has 0 aliphatic heterocycles. The van der Waals surface area contributed by atoms with Gasteiger partial charge in [0.15, 0.2) is 4.98 Å². The average molecular weight is 322 g/mol. The molecule has 0 radical (unpaired) electrons. The largest absolute Gasteiger partial charge is 0.750 e. The van der Waals surface area contributed by atoms with E-state index in [9.17, 15) is 0 Å². The number of para-hydroxylation sites is 1. The van der Waals surface area contributed by atoms with E-state index in [-0.39, 0.29) is 0 Å². The van der Waals surface area contributed by atoms with Crippen molar-refractivity contribution in [2.75, 3.05) is 12.4 Å². The molecule has 0 fully saturated rings. The number of rotatable bonds is 4. The number of diazo groups is 1. The Labute approximate surface area is 129 Å². The van der Waals surface area contributed by atoms with Gasteiger partial charge in [0.25, 0.3) is 0 Å². The molecule has 1 unspecified atom stereocenters. The summed E-state index contributed by atoms with van der Waals surface area (Å²) in [5.41, 5.74) is 2.27. The number of ether oxygens (including phenoxy) is 1. The summed E-state index contributed by atoms with van der Waals surface area (Å²) in [6.45, 7) is 0. The molecule has 0 aromatic heterocycles. The topological polar surface area (TPSA) is 122 Å². The summed E-state index contributed by atoms with van der Waals surface area (Å²) in [6.07, 6.45) is 0. The molecule has 0 bridgehead atoms. The maximum absolute atomic E-state index is 8.83. The Kier molecular flexibility index (Phi) is 7.52. The first-order valence-electron chi connectivity index (χ1n) is 5.85. The van der Waals surface area contributed by atoms with Gasteiger partial charge in [-0.15, -0.1) is 0 Å². The van der Waals surface area contributed by atoms with Gasteiger partial charge in [0.1, 0.15) is 0 Å². The van der Waals surface area contributed by atoms with Crippen LogP contribution in [0.5, 0.6) is 5.75 Å². The van der Waals surface area contributed by atoms with E-state index in [2.05, 4.69) is 14.6 Å². The van der Waals surface area contributed by atoms with Gasteiger partial charge in [0, 0.05) is 23.5 Å². The van der Waals surface area contributed by atoms with Crippen molar-refractivity contribution in [2.24, 2.45) is 0 Å². The molecular formula is C13H12N3O5S-. The summed E-state index contributed by atoms with van der Waals surface area (Å²) in [7, 11) is 1.54. The van der Waals surface area contributed by atoms with Crippen LogP contribution in [-0.2, 0) is 15.7 Å². The lowest BCUT2D eigenvalue weighted by Crippen LogP contribution is -2.06. The van der Waals surface area contributed by atoms with E-state index in [1.165, 1.54) is 7.11 Å². The maximum atomic E-state index is 8.83. The SMILES string of the molecule is COc1cc(Nc2ccccc2)ccc1[N+]#N.O=S([O-])O[O-]. The highest BCUT2D eigenvalue weighted by molar-refractivity contribution is 7.73. The predicted molar refractivity (Wildman–Crippen MR) is 77.5 cm³/mol. The molecule has 9 heteroatoms. The quantitative estimate of drug-likeness (QED) is 0.395. The van der Waals surface area contributed by atoms with Gasteiger partial charge in [-0.1, -0.05) is 18.2 Å². The van der Waals surface area contributed by atoms with E-state index in [1.54, 1.807) is 12.1 Å². The molecule has 0 aliphatic rings. The van der Waals surface area contributed by atoms with Gasteiger partial charge >= 0.3 is 5.69 Å². The highest BCUT2D eigenvalue weighted by atomic mass is 32.2. The fraction of sp³-hybridized carbons (Fsp3) is 0.0769. The normalized spacial score (nSPS) is 10.6. The predicted octanol–water partition coefficient (Wildman–Crippen LogP) is 2.00. The number of nitrogens with one attached hydrogen (secondary N) is 1. The molecule has 0 amide bonds. The van der Waals surface area contributed by atoms with E-state index in [0.29, 0.717) is 11.4 Å². The van der Waals surface area contributed by atoms with Gasteiger partial charge in [0.05, 0.1) is 18.5 Å². The molecule has 1 N–H and O–H groups in total. The van der Waals surface area contributed by atoms with Gasteiger partial charge < -0.3 is 24.2 Å². The van der Waals surface area contributed by atoms with Crippen molar-refractivity contribution in [3.8, 4) is 5.75 Å². The molecular weight excluding hydrogens is 310 g/mol. The van der Waals surface area contributed by atoms with Crippen LogP contribution >= 0.6 is 0 Å². The Morgan fingerprint density at radius 3 is 2.32 bits per heavy atom. The molecule has 22 heavy (non-hydrogen) atoms. The van der Waals surface area contributed by atoms with Crippen LogP contribution < -0.4 is 15.3 Å². The number of nitrogens with zero attached hydrogens (tertiary/aromatic N) is 2. The standard InChI is InChI=1S/C13H12N3O.H2O4S/c1-17-13-9-11(7-8-12(13)16-14)15-10-5-3-2-4-6-10;1-4-5(2)3/h2-9,15H,1H3;1H,(H,2,3)/q+1;/p-2. The number of methoxy groups -OCH3 is 1. The van der Waals surface area contributed by atoms with Crippen LogP contribution in [0.3, 0.4) is 0 Å². The fourth-order valence-corrected chi connectivity index (χ4v) is 1.53. The first-order chi connectivity index (χ1) is 10.6. The van der Waals surface area contributed by atoms with Crippen molar-refractivity contribution in [3.63, 3.8) is 0 Å². The molecule has 0 spiro atoms. The lowest BCUT2D eigenvalue weighted by Gasteiger charge is -2.06. The molecule has 116 valence electrons. The van der Waals surface area contributed by atoms with E-state index in [0.717, 1.165) is 11.4 Å². The molecule has 0 heterocycles. The summed E-state index contributed by atoms with van der Waals surface area (Å²) >= 11 is -2.88. The number of benzene rings is 2. The molecule has 0 saturated heterocycles. The lowest BCUT2D eigenvalue weighted by atomic mass is 10.2. The second kappa shape index (κ2) is 9.43. The number of anilines is 2. The van der Waals surface area contributed by atoms with Crippen molar-refractivity contribution in [1.29, 1.82) is 5.39 Å². The van der Waals surface area contributed by atoms with Gasteiger partial charge in [-0.2, -0.15) is 0 Å². The Hall–Kier alpha value is -2.51. The van der Waals surface area contributed by atoms with E-state index < -0.39 is 11.4 Å². The molecule has 2 aromatic rings. The number of hydrogen-bond acceptors (Lipinski definition) is 7. The summed E-state index contributed by atoms with van der Waals surface area (Å²) in [4.78, 5) is 3.14. The first-order valence-corrected chi connectivity index (χ1v) is 6.85. The van der Waals surface area contributed by atoms with Crippen LogP contribution in [0, 0.1) is 5.39 Å². The van der Waals surface area contributed by atoms with Crippen molar-refractivity contribution in [1.82, 2.24) is 0 Å². The lowest BCUT2D eigenvalue weighted by molar-refractivity contribution is -0.635. The van der Waals surface area contributed by atoms with E-state index in [1.807, 2.05) is 36.4 Å². The van der Waals surface area contributed by atoms with E-state index >= 15 is 0 Å². The van der Waals surface area contributed by atoms with Gasteiger partial charge in [-0.3, -0.25) is 0 Å². The summed E-state index contributed by atoms with van der Waals surface area (Å²) in [5.74, 6) is 0.522. The Morgan fingerprint density at radius 2 is 1.82 bits per heavy atom. The first kappa shape index (κ1) is 17.5. The highest BCUT2D eigenvalue weighted by Gasteiger charge is 2.14.